The number of hydrogen-bond donors (Lipinski definition) is 2. The highest BCUT2D eigenvalue weighted by Crippen LogP contribution is 2.11. The van der Waals surface area contributed by atoms with E-state index in [2.05, 4.69) is 0 Å². The molecule has 0 aliphatic carbocycles. The van der Waals surface area contributed by atoms with Gasteiger partial charge in [-0.25, -0.2) is 0 Å². The average molecular weight is 257 g/mol. The molecule has 1 aliphatic rings. The first-order valence-corrected chi connectivity index (χ1v) is 5.94. The van der Waals surface area contributed by atoms with Crippen molar-refractivity contribution in [1.82, 2.24) is 9.80 Å². The minimum absolute atomic E-state index is 0.144. The van der Waals surface area contributed by atoms with E-state index in [-0.39, 0.29) is 19.0 Å². The number of carbonyl (C=O) groups excluding carboxylic acids is 2. The highest BCUT2D eigenvalue weighted by Gasteiger charge is 2.29. The quantitative estimate of drug-likeness (QED) is 0.626. The second kappa shape index (κ2) is 6.34. The van der Waals surface area contributed by atoms with E-state index in [9.17, 15) is 14.4 Å². The van der Waals surface area contributed by atoms with Gasteiger partial charge in [0.2, 0.25) is 11.8 Å². The standard InChI is InChI=1S/C11H19N3O4/c1-8(11(18)13-4-2-3-5-13)14(6-9(12)15)7-10(16)17/h8H,2-7H2,1H3,(H2,12,15)(H,16,17). The third-order valence-electron chi connectivity index (χ3n) is 3.02. The molecule has 0 aromatic rings. The van der Waals surface area contributed by atoms with Gasteiger partial charge in [-0.15, -0.1) is 0 Å². The molecule has 1 heterocycles. The normalized spacial score (nSPS) is 16.9. The number of amides is 2. The number of carboxylic acid groups (broad SMARTS) is 1. The van der Waals surface area contributed by atoms with Crippen LogP contribution in [0.3, 0.4) is 0 Å². The minimum Gasteiger partial charge on any atom is -0.480 e. The number of hydrogen-bond acceptors (Lipinski definition) is 4. The SMILES string of the molecule is CC(C(=O)N1CCCC1)N(CC(N)=O)CC(=O)O. The number of likely N-dealkylation sites (tertiary alicyclic amines) is 1. The smallest absolute Gasteiger partial charge is 0.317 e. The molecule has 0 aromatic carbocycles. The van der Waals surface area contributed by atoms with E-state index in [0.717, 1.165) is 12.8 Å². The van der Waals surface area contributed by atoms with Crippen molar-refractivity contribution in [3.8, 4) is 0 Å². The first-order valence-electron chi connectivity index (χ1n) is 5.94. The Hall–Kier alpha value is -1.63. The molecule has 1 fully saturated rings. The van der Waals surface area contributed by atoms with Crippen LogP contribution in [0.25, 0.3) is 0 Å². The lowest BCUT2D eigenvalue weighted by Gasteiger charge is -2.28. The van der Waals surface area contributed by atoms with Gasteiger partial charge in [-0.1, -0.05) is 0 Å². The number of rotatable bonds is 6. The van der Waals surface area contributed by atoms with Gasteiger partial charge in [0.25, 0.3) is 0 Å². The van der Waals surface area contributed by atoms with Gasteiger partial charge < -0.3 is 15.7 Å². The number of nitrogens with two attached hydrogens (primary N) is 1. The summed E-state index contributed by atoms with van der Waals surface area (Å²) in [6.45, 7) is 2.39. The Morgan fingerprint density at radius 1 is 1.28 bits per heavy atom. The van der Waals surface area contributed by atoms with Gasteiger partial charge in [0.05, 0.1) is 19.1 Å². The van der Waals surface area contributed by atoms with Crippen LogP contribution in [0.1, 0.15) is 19.8 Å². The third-order valence-corrected chi connectivity index (χ3v) is 3.02. The van der Waals surface area contributed by atoms with Gasteiger partial charge in [0.1, 0.15) is 0 Å². The number of carbonyl (C=O) groups is 3. The van der Waals surface area contributed by atoms with Crippen molar-refractivity contribution in [2.45, 2.75) is 25.8 Å². The summed E-state index contributed by atoms with van der Waals surface area (Å²) in [5, 5.41) is 8.77. The maximum atomic E-state index is 12.1. The van der Waals surface area contributed by atoms with Crippen molar-refractivity contribution >= 4 is 17.8 Å². The van der Waals surface area contributed by atoms with Crippen LogP contribution in [0.2, 0.25) is 0 Å². The number of carboxylic acids is 1. The van der Waals surface area contributed by atoms with Crippen LogP contribution >= 0.6 is 0 Å². The monoisotopic (exact) mass is 257 g/mol. The Bertz CT molecular complexity index is 323. The molecule has 1 unspecified atom stereocenters. The van der Waals surface area contributed by atoms with E-state index in [1.807, 2.05) is 0 Å². The first kappa shape index (κ1) is 14.4. The topological polar surface area (TPSA) is 104 Å². The summed E-state index contributed by atoms with van der Waals surface area (Å²) in [4.78, 5) is 36.7. The molecule has 1 saturated heterocycles. The summed E-state index contributed by atoms with van der Waals surface area (Å²) in [7, 11) is 0. The van der Waals surface area contributed by atoms with Crippen molar-refractivity contribution in [2.24, 2.45) is 5.73 Å². The van der Waals surface area contributed by atoms with Crippen LogP contribution in [0, 0.1) is 0 Å². The van der Waals surface area contributed by atoms with E-state index in [4.69, 9.17) is 10.8 Å². The van der Waals surface area contributed by atoms with Gasteiger partial charge >= 0.3 is 5.97 Å². The maximum absolute atomic E-state index is 12.1. The molecule has 18 heavy (non-hydrogen) atoms. The van der Waals surface area contributed by atoms with E-state index >= 15 is 0 Å². The van der Waals surface area contributed by atoms with Crippen LogP contribution in [-0.4, -0.2) is 64.9 Å². The molecule has 7 nitrogen and oxygen atoms in total. The second-order valence-electron chi connectivity index (χ2n) is 4.47. The summed E-state index contributed by atoms with van der Waals surface area (Å²) < 4.78 is 0. The zero-order chi connectivity index (χ0) is 13.7. The minimum atomic E-state index is -1.09. The number of nitrogens with zero attached hydrogens (tertiary/aromatic N) is 2. The molecule has 0 radical (unpaired) electrons. The molecule has 7 heteroatoms. The van der Waals surface area contributed by atoms with Crippen LogP contribution in [0.4, 0.5) is 0 Å². The van der Waals surface area contributed by atoms with E-state index in [1.165, 1.54) is 4.90 Å². The highest BCUT2D eigenvalue weighted by atomic mass is 16.4. The molecular weight excluding hydrogens is 238 g/mol. The van der Waals surface area contributed by atoms with E-state index in [1.54, 1.807) is 11.8 Å². The summed E-state index contributed by atoms with van der Waals surface area (Å²) in [5.74, 6) is -1.87. The molecule has 3 N–H and O–H groups in total. The lowest BCUT2D eigenvalue weighted by atomic mass is 10.2. The van der Waals surface area contributed by atoms with Crippen LogP contribution < -0.4 is 5.73 Å². The number of aliphatic carboxylic acids is 1. The molecule has 2 amide bonds. The van der Waals surface area contributed by atoms with E-state index in [0.29, 0.717) is 13.1 Å². The molecule has 1 atom stereocenters. The van der Waals surface area contributed by atoms with Crippen LogP contribution in [-0.2, 0) is 14.4 Å². The fourth-order valence-corrected chi connectivity index (χ4v) is 2.06. The Kier molecular flexibility index (Phi) is 5.08. The second-order valence-corrected chi connectivity index (χ2v) is 4.47. The van der Waals surface area contributed by atoms with E-state index < -0.39 is 17.9 Å². The van der Waals surface area contributed by atoms with Crippen LogP contribution in [0.15, 0.2) is 0 Å². The van der Waals surface area contributed by atoms with Gasteiger partial charge in [0.15, 0.2) is 0 Å². The molecule has 102 valence electrons. The fourth-order valence-electron chi connectivity index (χ4n) is 2.06. The molecule has 1 aliphatic heterocycles. The summed E-state index contributed by atoms with van der Waals surface area (Å²) >= 11 is 0. The Labute approximate surface area is 106 Å². The zero-order valence-electron chi connectivity index (χ0n) is 10.5. The van der Waals surface area contributed by atoms with Gasteiger partial charge in [-0.2, -0.15) is 0 Å². The van der Waals surface area contributed by atoms with Gasteiger partial charge in [0, 0.05) is 13.1 Å². The average Bonchev–Trinajstić information content (AvgIpc) is 2.78. The van der Waals surface area contributed by atoms with Gasteiger partial charge in [-0.05, 0) is 19.8 Å². The Morgan fingerprint density at radius 2 is 1.83 bits per heavy atom. The Balaban J connectivity index is 2.66. The zero-order valence-corrected chi connectivity index (χ0v) is 10.5. The number of primary amides is 1. The molecule has 0 bridgehead atoms. The summed E-state index contributed by atoms with van der Waals surface area (Å²) in [6, 6.07) is -0.647. The first-order chi connectivity index (χ1) is 8.41. The largest absolute Gasteiger partial charge is 0.480 e. The third kappa shape index (κ3) is 3.99. The predicted octanol–water partition coefficient (Wildman–Crippen LogP) is -1.13. The molecule has 0 aromatic heterocycles. The lowest BCUT2D eigenvalue weighted by Crippen LogP contribution is -2.50. The van der Waals surface area contributed by atoms with Crippen molar-refractivity contribution in [1.29, 1.82) is 0 Å². The molecule has 0 spiro atoms. The summed E-state index contributed by atoms with van der Waals surface area (Å²) in [6.07, 6.45) is 1.93. The molecule has 0 saturated carbocycles. The van der Waals surface area contributed by atoms with Crippen molar-refractivity contribution in [3.05, 3.63) is 0 Å². The van der Waals surface area contributed by atoms with Gasteiger partial charge in [-0.3, -0.25) is 19.3 Å². The summed E-state index contributed by atoms with van der Waals surface area (Å²) in [5.41, 5.74) is 5.06. The maximum Gasteiger partial charge on any atom is 0.317 e. The van der Waals surface area contributed by atoms with Crippen molar-refractivity contribution in [3.63, 3.8) is 0 Å². The lowest BCUT2D eigenvalue weighted by molar-refractivity contribution is -0.142. The molecule has 1 rings (SSSR count). The predicted molar refractivity (Wildman–Crippen MR) is 63.7 cm³/mol. The Morgan fingerprint density at radius 3 is 2.28 bits per heavy atom. The van der Waals surface area contributed by atoms with Crippen molar-refractivity contribution in [2.75, 3.05) is 26.2 Å². The highest BCUT2D eigenvalue weighted by molar-refractivity contribution is 5.84. The fraction of sp³-hybridized carbons (Fsp3) is 0.727. The molecular formula is C11H19N3O4. The van der Waals surface area contributed by atoms with Crippen LogP contribution in [0.5, 0.6) is 0 Å². The van der Waals surface area contributed by atoms with Crippen molar-refractivity contribution < 1.29 is 19.5 Å².